The van der Waals surface area contributed by atoms with Crippen LogP contribution in [0.25, 0.3) is 0 Å². The van der Waals surface area contributed by atoms with Crippen LogP contribution in [0.3, 0.4) is 0 Å². The zero-order valence-electron chi connectivity index (χ0n) is 13.6. The van der Waals surface area contributed by atoms with E-state index in [0.717, 1.165) is 4.90 Å². The first-order valence-electron chi connectivity index (χ1n) is 7.62. The minimum absolute atomic E-state index is 0.248. The van der Waals surface area contributed by atoms with Crippen molar-refractivity contribution in [3.63, 3.8) is 0 Å². The van der Waals surface area contributed by atoms with Crippen molar-refractivity contribution >= 4 is 41.0 Å². The Morgan fingerprint density at radius 3 is 2.27 bits per heavy atom. The predicted molar refractivity (Wildman–Crippen MR) is 94.5 cm³/mol. The lowest BCUT2D eigenvalue weighted by Crippen LogP contribution is -2.36. The highest BCUT2D eigenvalue weighted by Gasteiger charge is 2.36. The van der Waals surface area contributed by atoms with Crippen LogP contribution in [0, 0.1) is 0 Å². The molecule has 0 saturated heterocycles. The number of amides is 2. The fourth-order valence-electron chi connectivity index (χ4n) is 2.41. The lowest BCUT2D eigenvalue weighted by molar-refractivity contribution is -0.153. The van der Waals surface area contributed by atoms with E-state index in [0.29, 0.717) is 5.02 Å². The average molecular weight is 394 g/mol. The summed E-state index contributed by atoms with van der Waals surface area (Å²) in [7, 11) is 0. The number of fused-ring (bicyclic) bond motifs is 1. The van der Waals surface area contributed by atoms with E-state index in [1.54, 1.807) is 30.3 Å². The van der Waals surface area contributed by atoms with Gasteiger partial charge in [-0.3, -0.25) is 9.59 Å². The Labute approximate surface area is 159 Å². The summed E-state index contributed by atoms with van der Waals surface area (Å²) in [4.78, 5) is 37.4. The van der Waals surface area contributed by atoms with E-state index < -0.39 is 30.6 Å². The second-order valence-corrected chi connectivity index (χ2v) is 6.35. The van der Waals surface area contributed by atoms with Crippen LogP contribution in [0.1, 0.15) is 27.6 Å². The first-order valence-corrected chi connectivity index (χ1v) is 8.37. The standard InChI is InChI=1S/C18H13Cl2NO5/c1-10(26-15-7-6-11(19)8-14(15)20)18(24)25-9-21-16(22)12-4-2-3-5-13(12)17(21)23/h2-8,10H,9H2,1H3. The molecule has 0 saturated carbocycles. The second-order valence-electron chi connectivity index (χ2n) is 5.51. The van der Waals surface area contributed by atoms with Crippen molar-refractivity contribution in [3.05, 3.63) is 63.6 Å². The lowest BCUT2D eigenvalue weighted by Gasteiger charge is -2.18. The summed E-state index contributed by atoms with van der Waals surface area (Å²) in [5.41, 5.74) is 0.566. The van der Waals surface area contributed by atoms with E-state index in [1.807, 2.05) is 0 Å². The summed E-state index contributed by atoms with van der Waals surface area (Å²) in [6.07, 6.45) is -0.996. The molecule has 2 aromatic rings. The predicted octanol–water partition coefficient (Wildman–Crippen LogP) is 3.56. The van der Waals surface area contributed by atoms with Gasteiger partial charge in [-0.2, -0.15) is 0 Å². The zero-order chi connectivity index (χ0) is 18.8. The van der Waals surface area contributed by atoms with Gasteiger partial charge < -0.3 is 9.47 Å². The SMILES string of the molecule is CC(Oc1ccc(Cl)cc1Cl)C(=O)OCN1C(=O)c2ccccc2C1=O. The number of esters is 1. The maximum absolute atomic E-state index is 12.2. The van der Waals surface area contributed by atoms with Crippen molar-refractivity contribution in [1.82, 2.24) is 4.90 Å². The molecular weight excluding hydrogens is 381 g/mol. The molecule has 2 aromatic carbocycles. The van der Waals surface area contributed by atoms with Crippen molar-refractivity contribution in [3.8, 4) is 5.75 Å². The Balaban J connectivity index is 1.60. The molecule has 1 heterocycles. The lowest BCUT2D eigenvalue weighted by atomic mass is 10.1. The molecule has 0 aliphatic carbocycles. The summed E-state index contributed by atoms with van der Waals surface area (Å²) >= 11 is 11.8. The van der Waals surface area contributed by atoms with Gasteiger partial charge in [0.25, 0.3) is 11.8 Å². The van der Waals surface area contributed by atoms with Gasteiger partial charge in [0.15, 0.2) is 12.8 Å². The van der Waals surface area contributed by atoms with Crippen LogP contribution in [-0.4, -0.2) is 35.5 Å². The van der Waals surface area contributed by atoms with Crippen molar-refractivity contribution in [2.75, 3.05) is 6.73 Å². The molecule has 0 spiro atoms. The molecule has 8 heteroatoms. The largest absolute Gasteiger partial charge is 0.477 e. The minimum Gasteiger partial charge on any atom is -0.477 e. The van der Waals surface area contributed by atoms with Gasteiger partial charge in [-0.25, -0.2) is 9.69 Å². The molecule has 2 amide bonds. The third kappa shape index (κ3) is 3.52. The highest BCUT2D eigenvalue weighted by atomic mass is 35.5. The Morgan fingerprint density at radius 1 is 1.08 bits per heavy atom. The number of benzene rings is 2. The van der Waals surface area contributed by atoms with E-state index in [4.69, 9.17) is 32.7 Å². The van der Waals surface area contributed by atoms with Gasteiger partial charge in [0.2, 0.25) is 0 Å². The summed E-state index contributed by atoms with van der Waals surface area (Å²) in [6, 6.07) is 11.0. The normalized spacial score (nSPS) is 14.2. The monoisotopic (exact) mass is 393 g/mol. The van der Waals surface area contributed by atoms with Crippen LogP contribution >= 0.6 is 23.2 Å². The van der Waals surface area contributed by atoms with Gasteiger partial charge in [0.1, 0.15) is 5.75 Å². The average Bonchev–Trinajstić information content (AvgIpc) is 2.86. The van der Waals surface area contributed by atoms with E-state index in [-0.39, 0.29) is 21.9 Å². The number of carbonyl (C=O) groups is 3. The number of hydrogen-bond donors (Lipinski definition) is 0. The fourth-order valence-corrected chi connectivity index (χ4v) is 2.86. The first kappa shape index (κ1) is 18.2. The highest BCUT2D eigenvalue weighted by Crippen LogP contribution is 2.28. The number of imide groups is 1. The maximum atomic E-state index is 12.2. The summed E-state index contributed by atoms with van der Waals surface area (Å²) < 4.78 is 10.5. The number of carbonyl (C=O) groups excluding carboxylic acids is 3. The topological polar surface area (TPSA) is 72.9 Å². The number of halogens is 2. The molecule has 0 radical (unpaired) electrons. The third-order valence-corrected chi connectivity index (χ3v) is 4.27. The van der Waals surface area contributed by atoms with Crippen molar-refractivity contribution in [1.29, 1.82) is 0 Å². The van der Waals surface area contributed by atoms with Gasteiger partial charge in [0, 0.05) is 5.02 Å². The Hall–Kier alpha value is -2.57. The van der Waals surface area contributed by atoms with Gasteiger partial charge in [0.05, 0.1) is 16.1 Å². The number of hydrogen-bond acceptors (Lipinski definition) is 5. The van der Waals surface area contributed by atoms with E-state index in [2.05, 4.69) is 0 Å². The summed E-state index contributed by atoms with van der Waals surface area (Å²) in [5, 5.41) is 0.681. The molecule has 0 N–H and O–H groups in total. The molecule has 0 aromatic heterocycles. The molecule has 0 bridgehead atoms. The molecule has 6 nitrogen and oxygen atoms in total. The van der Waals surface area contributed by atoms with Crippen LogP contribution in [-0.2, 0) is 9.53 Å². The third-order valence-electron chi connectivity index (χ3n) is 3.74. The summed E-state index contributed by atoms with van der Waals surface area (Å²) in [6.45, 7) is 0.975. The van der Waals surface area contributed by atoms with Gasteiger partial charge in [-0.1, -0.05) is 35.3 Å². The Kier molecular flexibility index (Phi) is 5.15. The van der Waals surface area contributed by atoms with Gasteiger partial charge >= 0.3 is 5.97 Å². The molecule has 1 aliphatic rings. The van der Waals surface area contributed by atoms with E-state index in [1.165, 1.54) is 19.1 Å². The van der Waals surface area contributed by atoms with Crippen LogP contribution in [0.15, 0.2) is 42.5 Å². The van der Waals surface area contributed by atoms with Crippen molar-refractivity contribution in [2.24, 2.45) is 0 Å². The highest BCUT2D eigenvalue weighted by molar-refractivity contribution is 6.35. The molecule has 1 unspecified atom stereocenters. The fraction of sp³-hybridized carbons (Fsp3) is 0.167. The molecule has 26 heavy (non-hydrogen) atoms. The quantitative estimate of drug-likeness (QED) is 0.573. The number of ether oxygens (including phenoxy) is 2. The van der Waals surface area contributed by atoms with Crippen LogP contribution in [0.2, 0.25) is 10.0 Å². The van der Waals surface area contributed by atoms with Crippen LogP contribution in [0.5, 0.6) is 5.75 Å². The van der Waals surface area contributed by atoms with E-state index in [9.17, 15) is 14.4 Å². The van der Waals surface area contributed by atoms with Crippen molar-refractivity contribution in [2.45, 2.75) is 13.0 Å². The molecule has 0 fully saturated rings. The molecule has 1 atom stereocenters. The zero-order valence-corrected chi connectivity index (χ0v) is 15.1. The minimum atomic E-state index is -0.996. The summed E-state index contributed by atoms with van der Waals surface area (Å²) in [5.74, 6) is -1.49. The maximum Gasteiger partial charge on any atom is 0.348 e. The molecule has 134 valence electrons. The van der Waals surface area contributed by atoms with Crippen LogP contribution in [0.4, 0.5) is 0 Å². The molecular formula is C18H13Cl2NO5. The first-order chi connectivity index (χ1) is 12.4. The van der Waals surface area contributed by atoms with Gasteiger partial charge in [-0.15, -0.1) is 0 Å². The smallest absolute Gasteiger partial charge is 0.348 e. The van der Waals surface area contributed by atoms with Crippen molar-refractivity contribution < 1.29 is 23.9 Å². The molecule has 1 aliphatic heterocycles. The Morgan fingerprint density at radius 2 is 1.69 bits per heavy atom. The molecule has 3 rings (SSSR count). The Bertz CT molecular complexity index is 864. The van der Waals surface area contributed by atoms with Crippen LogP contribution < -0.4 is 4.74 Å². The second kappa shape index (κ2) is 7.35. The van der Waals surface area contributed by atoms with E-state index >= 15 is 0 Å². The number of nitrogens with zero attached hydrogens (tertiary/aromatic N) is 1. The number of rotatable bonds is 5. The van der Waals surface area contributed by atoms with Gasteiger partial charge in [-0.05, 0) is 37.3 Å².